The van der Waals surface area contributed by atoms with Gasteiger partial charge in [-0.2, -0.15) is 0 Å². The lowest BCUT2D eigenvalue weighted by Gasteiger charge is -2.07. The first kappa shape index (κ1) is 20.9. The average Bonchev–Trinajstić information content (AvgIpc) is 2.50. The number of carboxylic acids is 1. The Bertz CT molecular complexity index is 291. The van der Waals surface area contributed by atoms with Gasteiger partial charge < -0.3 is 14.9 Å². The van der Waals surface area contributed by atoms with Crippen LogP contribution < -0.4 is 0 Å². The monoisotopic (exact) mass is 316 g/mol. The summed E-state index contributed by atoms with van der Waals surface area (Å²) in [6.45, 7) is 0. The lowest BCUT2D eigenvalue weighted by molar-refractivity contribution is -0.150. The summed E-state index contributed by atoms with van der Waals surface area (Å²) in [5.74, 6) is -1.23. The third-order valence-corrected chi connectivity index (χ3v) is 3.84. The van der Waals surface area contributed by atoms with Crippen LogP contribution in [0.15, 0.2) is 0 Å². The molecular weight excluding hydrogens is 284 g/mol. The van der Waals surface area contributed by atoms with Crippen LogP contribution in [0.3, 0.4) is 0 Å². The highest BCUT2D eigenvalue weighted by Crippen LogP contribution is 2.13. The molecule has 0 rings (SSSR count). The van der Waals surface area contributed by atoms with Crippen molar-refractivity contribution in [3.63, 3.8) is 0 Å². The predicted octanol–water partition coefficient (Wildman–Crippen LogP) is 3.68. The predicted molar refractivity (Wildman–Crippen MR) is 85.7 cm³/mol. The van der Waals surface area contributed by atoms with Crippen molar-refractivity contribution < 1.29 is 24.5 Å². The van der Waals surface area contributed by atoms with Crippen molar-refractivity contribution >= 4 is 11.9 Å². The minimum absolute atomic E-state index is 0.296. The topological polar surface area (TPSA) is 83.8 Å². The summed E-state index contributed by atoms with van der Waals surface area (Å²) < 4.78 is 4.46. The average molecular weight is 316 g/mol. The Hall–Kier alpha value is -1.10. The highest BCUT2D eigenvalue weighted by atomic mass is 16.5. The third-order valence-electron chi connectivity index (χ3n) is 3.84. The number of aliphatic carboxylic acids is 1. The molecule has 0 bridgehead atoms. The van der Waals surface area contributed by atoms with Gasteiger partial charge in [0.05, 0.1) is 7.11 Å². The van der Waals surface area contributed by atoms with Crippen LogP contribution in [0.1, 0.15) is 83.5 Å². The van der Waals surface area contributed by atoms with E-state index in [1.54, 1.807) is 0 Å². The van der Waals surface area contributed by atoms with Crippen LogP contribution in [-0.2, 0) is 14.3 Å². The van der Waals surface area contributed by atoms with Crippen molar-refractivity contribution in [2.75, 3.05) is 7.11 Å². The summed E-state index contributed by atoms with van der Waals surface area (Å²) in [6, 6.07) is 0. The Labute approximate surface area is 134 Å². The van der Waals surface area contributed by atoms with E-state index in [-0.39, 0.29) is 0 Å². The van der Waals surface area contributed by atoms with Gasteiger partial charge in [-0.05, 0) is 12.8 Å². The maximum Gasteiger partial charge on any atom is 0.334 e. The highest BCUT2D eigenvalue weighted by molar-refractivity contribution is 5.74. The molecule has 0 amide bonds. The number of aliphatic hydroxyl groups excluding tert-OH is 1. The maximum atomic E-state index is 11.0. The van der Waals surface area contributed by atoms with E-state index in [0.29, 0.717) is 12.8 Å². The van der Waals surface area contributed by atoms with Gasteiger partial charge in [-0.25, -0.2) is 4.79 Å². The molecule has 2 N–H and O–H groups in total. The van der Waals surface area contributed by atoms with Gasteiger partial charge >= 0.3 is 11.9 Å². The van der Waals surface area contributed by atoms with Crippen molar-refractivity contribution in [2.24, 2.45) is 0 Å². The molecule has 1 atom stereocenters. The van der Waals surface area contributed by atoms with Crippen molar-refractivity contribution in [1.29, 1.82) is 0 Å². The van der Waals surface area contributed by atoms with Crippen LogP contribution in [0.25, 0.3) is 0 Å². The molecule has 0 spiro atoms. The van der Waals surface area contributed by atoms with Crippen LogP contribution in [0.2, 0.25) is 0 Å². The Morgan fingerprint density at radius 2 is 1.23 bits per heavy atom. The second-order valence-electron chi connectivity index (χ2n) is 5.86. The molecule has 0 aliphatic heterocycles. The first-order valence-corrected chi connectivity index (χ1v) is 8.55. The van der Waals surface area contributed by atoms with E-state index in [1.165, 1.54) is 39.2 Å². The normalized spacial score (nSPS) is 12.1. The molecule has 22 heavy (non-hydrogen) atoms. The first-order chi connectivity index (χ1) is 10.6. The summed E-state index contributed by atoms with van der Waals surface area (Å²) in [6.07, 6.45) is 11.9. The molecule has 0 aromatic carbocycles. The van der Waals surface area contributed by atoms with E-state index in [1.807, 2.05) is 0 Å². The molecule has 0 radical (unpaired) electrons. The van der Waals surface area contributed by atoms with Crippen molar-refractivity contribution in [1.82, 2.24) is 0 Å². The number of esters is 1. The molecule has 0 aliphatic rings. The zero-order valence-corrected chi connectivity index (χ0v) is 13.9. The summed E-state index contributed by atoms with van der Waals surface area (Å²) in [7, 11) is 1.29. The van der Waals surface area contributed by atoms with Gasteiger partial charge in [-0.1, -0.05) is 64.2 Å². The van der Waals surface area contributed by atoms with Crippen LogP contribution >= 0.6 is 0 Å². The number of unbranched alkanes of at least 4 members (excludes halogenated alkanes) is 10. The van der Waals surface area contributed by atoms with E-state index < -0.39 is 18.0 Å². The fourth-order valence-electron chi connectivity index (χ4n) is 2.46. The number of carboxylic acid groups (broad SMARTS) is 1. The summed E-state index contributed by atoms with van der Waals surface area (Å²) >= 11 is 0. The first-order valence-electron chi connectivity index (χ1n) is 8.55. The fraction of sp³-hybridized carbons (Fsp3) is 0.882. The Balaban J connectivity index is 3.14. The molecular formula is C17H32O5. The van der Waals surface area contributed by atoms with Crippen molar-refractivity contribution in [3.8, 4) is 0 Å². The molecule has 5 nitrogen and oxygen atoms in total. The Morgan fingerprint density at radius 3 is 1.64 bits per heavy atom. The van der Waals surface area contributed by atoms with Gasteiger partial charge in [-0.15, -0.1) is 0 Å². The highest BCUT2D eigenvalue weighted by Gasteiger charge is 2.13. The van der Waals surface area contributed by atoms with Crippen molar-refractivity contribution in [3.05, 3.63) is 0 Å². The van der Waals surface area contributed by atoms with Gasteiger partial charge in [0.2, 0.25) is 0 Å². The van der Waals surface area contributed by atoms with Crippen molar-refractivity contribution in [2.45, 2.75) is 89.6 Å². The molecule has 130 valence electrons. The third kappa shape index (κ3) is 13.9. The standard InChI is InChI=1S/C17H32O5/c1-22-17(21)15(18)13-11-9-7-5-3-2-4-6-8-10-12-14-16(19)20/h15,18H,2-14H2,1H3,(H,19,20)/t15-/m0/s1. The maximum absolute atomic E-state index is 11.0. The van der Waals surface area contributed by atoms with Gasteiger partial charge in [-0.3, -0.25) is 4.79 Å². The Kier molecular flexibility index (Phi) is 14.1. The molecule has 0 aliphatic carbocycles. The quantitative estimate of drug-likeness (QED) is 0.356. The lowest BCUT2D eigenvalue weighted by atomic mass is 10.0. The van der Waals surface area contributed by atoms with Crippen LogP contribution in [0, 0.1) is 0 Å². The minimum atomic E-state index is -0.967. The van der Waals surface area contributed by atoms with Gasteiger partial charge in [0, 0.05) is 6.42 Å². The molecule has 0 saturated carbocycles. The van der Waals surface area contributed by atoms with E-state index in [2.05, 4.69) is 4.74 Å². The molecule has 0 aromatic heterocycles. The van der Waals surface area contributed by atoms with E-state index in [9.17, 15) is 14.7 Å². The van der Waals surface area contributed by atoms with E-state index in [4.69, 9.17) is 5.11 Å². The molecule has 0 saturated heterocycles. The number of ether oxygens (including phenoxy) is 1. The summed E-state index contributed by atoms with van der Waals surface area (Å²) in [5.41, 5.74) is 0. The summed E-state index contributed by atoms with van der Waals surface area (Å²) in [5, 5.41) is 17.9. The zero-order chi connectivity index (χ0) is 16.6. The molecule has 0 heterocycles. The second kappa shape index (κ2) is 14.8. The van der Waals surface area contributed by atoms with Gasteiger partial charge in [0.25, 0.3) is 0 Å². The largest absolute Gasteiger partial charge is 0.481 e. The van der Waals surface area contributed by atoms with E-state index in [0.717, 1.165) is 38.5 Å². The number of hydrogen-bond acceptors (Lipinski definition) is 4. The minimum Gasteiger partial charge on any atom is -0.481 e. The molecule has 5 heteroatoms. The number of carbonyl (C=O) groups excluding carboxylic acids is 1. The molecule has 0 unspecified atom stereocenters. The number of rotatable bonds is 15. The number of hydrogen-bond donors (Lipinski definition) is 2. The number of methoxy groups -OCH3 is 1. The zero-order valence-electron chi connectivity index (χ0n) is 13.9. The van der Waals surface area contributed by atoms with Crippen LogP contribution in [0.4, 0.5) is 0 Å². The lowest BCUT2D eigenvalue weighted by Crippen LogP contribution is -2.21. The van der Waals surface area contributed by atoms with Gasteiger partial charge in [0.1, 0.15) is 0 Å². The van der Waals surface area contributed by atoms with E-state index >= 15 is 0 Å². The summed E-state index contributed by atoms with van der Waals surface area (Å²) in [4.78, 5) is 21.3. The van der Waals surface area contributed by atoms with Gasteiger partial charge in [0.15, 0.2) is 6.10 Å². The van der Waals surface area contributed by atoms with Crippen LogP contribution in [0.5, 0.6) is 0 Å². The second-order valence-corrected chi connectivity index (χ2v) is 5.86. The Morgan fingerprint density at radius 1 is 0.818 bits per heavy atom. The smallest absolute Gasteiger partial charge is 0.334 e. The SMILES string of the molecule is COC(=O)[C@@H](O)CCCCCCCCCCCCCC(=O)O. The number of aliphatic hydroxyl groups is 1. The fourth-order valence-corrected chi connectivity index (χ4v) is 2.46. The van der Waals surface area contributed by atoms with Crippen LogP contribution in [-0.4, -0.2) is 35.4 Å². The number of carbonyl (C=O) groups is 2. The molecule has 0 fully saturated rings. The molecule has 0 aromatic rings.